The van der Waals surface area contributed by atoms with Crippen molar-refractivity contribution in [2.75, 3.05) is 45.2 Å². The van der Waals surface area contributed by atoms with E-state index in [1.54, 1.807) is 0 Å². The lowest BCUT2D eigenvalue weighted by molar-refractivity contribution is 0.0308. The minimum atomic E-state index is 0.00184. The molecule has 0 radical (unpaired) electrons. The number of anilines is 1. The van der Waals surface area contributed by atoms with Crippen LogP contribution in [0.2, 0.25) is 0 Å². The van der Waals surface area contributed by atoms with Crippen LogP contribution in [0.3, 0.4) is 0 Å². The van der Waals surface area contributed by atoms with Crippen LogP contribution in [0.5, 0.6) is 5.75 Å². The lowest BCUT2D eigenvalue weighted by atomic mass is 9.99. The summed E-state index contributed by atoms with van der Waals surface area (Å²) in [6, 6.07) is 5.73. The van der Waals surface area contributed by atoms with Gasteiger partial charge >= 0.3 is 0 Å². The van der Waals surface area contributed by atoms with Crippen molar-refractivity contribution in [1.29, 1.82) is 0 Å². The molecular formula is C16H23N3O2. The minimum absolute atomic E-state index is 0.00184. The van der Waals surface area contributed by atoms with Gasteiger partial charge in [-0.25, -0.2) is 0 Å². The number of rotatable bonds is 1. The Bertz CT molecular complexity index is 556. The molecular weight excluding hydrogens is 266 g/mol. The number of carbonyl (C=O) groups excluding carboxylic acids is 1. The number of para-hydroxylation sites is 1. The third kappa shape index (κ3) is 2.58. The van der Waals surface area contributed by atoms with Crippen molar-refractivity contribution in [2.45, 2.75) is 19.4 Å². The van der Waals surface area contributed by atoms with E-state index in [2.05, 4.69) is 31.1 Å². The maximum absolute atomic E-state index is 12.9. The largest absolute Gasteiger partial charge is 0.489 e. The third-order valence-electron chi connectivity index (χ3n) is 4.51. The molecule has 114 valence electrons. The Labute approximate surface area is 125 Å². The number of nitrogens with one attached hydrogen (secondary N) is 1. The van der Waals surface area contributed by atoms with Gasteiger partial charge in [0.25, 0.3) is 5.91 Å². The van der Waals surface area contributed by atoms with Crippen molar-refractivity contribution in [3.8, 4) is 5.75 Å². The highest BCUT2D eigenvalue weighted by atomic mass is 16.5. The second kappa shape index (κ2) is 5.22. The molecule has 1 saturated heterocycles. The highest BCUT2D eigenvalue weighted by molar-refractivity contribution is 5.99. The number of likely N-dealkylation sites (N-methyl/N-ethyl adjacent to an activating group) is 1. The molecule has 2 heterocycles. The minimum Gasteiger partial charge on any atom is -0.489 e. The number of piperazine rings is 1. The summed E-state index contributed by atoms with van der Waals surface area (Å²) in [5, 5.41) is 3.28. The molecule has 0 aromatic heterocycles. The Kier molecular flexibility index (Phi) is 3.53. The molecule has 2 aliphatic rings. The van der Waals surface area contributed by atoms with Crippen LogP contribution in [0.25, 0.3) is 0 Å². The van der Waals surface area contributed by atoms with E-state index in [0.717, 1.165) is 31.9 Å². The molecule has 1 N–H and O–H groups in total. The van der Waals surface area contributed by atoms with E-state index in [9.17, 15) is 4.79 Å². The number of nitrogens with zero attached hydrogens (tertiary/aromatic N) is 2. The van der Waals surface area contributed by atoms with E-state index in [0.29, 0.717) is 17.9 Å². The van der Waals surface area contributed by atoms with Crippen molar-refractivity contribution in [1.82, 2.24) is 9.80 Å². The van der Waals surface area contributed by atoms with Gasteiger partial charge in [0.2, 0.25) is 0 Å². The van der Waals surface area contributed by atoms with Crippen LogP contribution in [0.15, 0.2) is 18.2 Å². The Morgan fingerprint density at radius 2 is 2.14 bits per heavy atom. The second-order valence-electron chi connectivity index (χ2n) is 6.42. The summed E-state index contributed by atoms with van der Waals surface area (Å²) in [6.45, 7) is 8.12. The van der Waals surface area contributed by atoms with E-state index in [4.69, 9.17) is 4.74 Å². The predicted octanol–water partition coefficient (Wildman–Crippen LogP) is 1.66. The summed E-state index contributed by atoms with van der Waals surface area (Å²) in [5.74, 6) is 0.766. The van der Waals surface area contributed by atoms with E-state index in [-0.39, 0.29) is 11.4 Å². The van der Waals surface area contributed by atoms with Gasteiger partial charge in [0.15, 0.2) is 5.75 Å². The molecule has 1 aromatic carbocycles. The van der Waals surface area contributed by atoms with Crippen LogP contribution in [0.4, 0.5) is 5.69 Å². The van der Waals surface area contributed by atoms with Gasteiger partial charge in [-0.15, -0.1) is 0 Å². The fourth-order valence-corrected chi connectivity index (χ4v) is 2.92. The topological polar surface area (TPSA) is 44.8 Å². The number of fused-ring (bicyclic) bond motifs is 1. The number of benzene rings is 1. The number of hydrogen-bond donors (Lipinski definition) is 1. The first-order valence-electron chi connectivity index (χ1n) is 7.49. The average molecular weight is 289 g/mol. The van der Waals surface area contributed by atoms with Gasteiger partial charge in [-0.2, -0.15) is 0 Å². The molecule has 1 amide bonds. The fourth-order valence-electron chi connectivity index (χ4n) is 2.92. The number of carbonyl (C=O) groups is 1. The smallest absolute Gasteiger partial charge is 0.257 e. The molecule has 0 aliphatic carbocycles. The van der Waals surface area contributed by atoms with Gasteiger partial charge < -0.3 is 15.0 Å². The zero-order valence-corrected chi connectivity index (χ0v) is 13.0. The van der Waals surface area contributed by atoms with Gasteiger partial charge in [0.05, 0.1) is 11.3 Å². The predicted molar refractivity (Wildman–Crippen MR) is 83.0 cm³/mol. The molecule has 1 fully saturated rings. The zero-order chi connectivity index (χ0) is 15.0. The Hall–Kier alpha value is -1.75. The van der Waals surface area contributed by atoms with Gasteiger partial charge in [-0.3, -0.25) is 9.69 Å². The number of amides is 1. The van der Waals surface area contributed by atoms with E-state index >= 15 is 0 Å². The average Bonchev–Trinajstić information content (AvgIpc) is 2.48. The maximum atomic E-state index is 12.9. The molecule has 0 spiro atoms. The molecule has 1 aromatic rings. The van der Waals surface area contributed by atoms with E-state index < -0.39 is 0 Å². The standard InChI is InChI=1S/C16H23N3O2/c1-16(2)11-19(9-8-18(16)3)15(20)12-5-4-6-13-14(12)21-10-7-17-13/h4-6,17H,7-11H2,1-3H3. The first-order valence-corrected chi connectivity index (χ1v) is 7.49. The van der Waals surface area contributed by atoms with Crippen molar-refractivity contribution >= 4 is 11.6 Å². The molecule has 2 aliphatic heterocycles. The van der Waals surface area contributed by atoms with Crippen LogP contribution in [-0.2, 0) is 0 Å². The molecule has 0 saturated carbocycles. The fraction of sp³-hybridized carbons (Fsp3) is 0.562. The van der Waals surface area contributed by atoms with Crippen LogP contribution >= 0.6 is 0 Å². The molecule has 0 bridgehead atoms. The van der Waals surface area contributed by atoms with E-state index in [1.807, 2.05) is 23.1 Å². The number of ether oxygens (including phenoxy) is 1. The van der Waals surface area contributed by atoms with Gasteiger partial charge in [-0.1, -0.05) is 6.07 Å². The number of hydrogen-bond acceptors (Lipinski definition) is 4. The SMILES string of the molecule is CN1CCN(C(=O)c2cccc3c2OCCN3)CC1(C)C. The lowest BCUT2D eigenvalue weighted by Gasteiger charge is -2.45. The summed E-state index contributed by atoms with van der Waals surface area (Å²) < 4.78 is 5.72. The Morgan fingerprint density at radius 3 is 2.90 bits per heavy atom. The van der Waals surface area contributed by atoms with Crippen molar-refractivity contribution < 1.29 is 9.53 Å². The van der Waals surface area contributed by atoms with Gasteiger partial charge in [0.1, 0.15) is 6.61 Å². The molecule has 0 atom stereocenters. The summed E-state index contributed by atoms with van der Waals surface area (Å²) in [7, 11) is 2.11. The second-order valence-corrected chi connectivity index (χ2v) is 6.42. The highest BCUT2D eigenvalue weighted by Gasteiger charge is 2.34. The first-order chi connectivity index (χ1) is 9.99. The van der Waals surface area contributed by atoms with Crippen LogP contribution < -0.4 is 10.1 Å². The zero-order valence-electron chi connectivity index (χ0n) is 13.0. The van der Waals surface area contributed by atoms with Crippen LogP contribution in [0, 0.1) is 0 Å². The van der Waals surface area contributed by atoms with Crippen molar-refractivity contribution in [2.24, 2.45) is 0 Å². The quantitative estimate of drug-likeness (QED) is 0.854. The van der Waals surface area contributed by atoms with Crippen molar-refractivity contribution in [3.05, 3.63) is 23.8 Å². The van der Waals surface area contributed by atoms with Gasteiger partial charge in [-0.05, 0) is 33.0 Å². The van der Waals surface area contributed by atoms with Crippen LogP contribution in [-0.4, -0.2) is 61.1 Å². The Morgan fingerprint density at radius 1 is 1.33 bits per heavy atom. The summed E-state index contributed by atoms with van der Waals surface area (Å²) in [5.41, 5.74) is 1.59. The highest BCUT2D eigenvalue weighted by Crippen LogP contribution is 2.32. The monoisotopic (exact) mass is 289 g/mol. The van der Waals surface area contributed by atoms with Gasteiger partial charge in [0, 0.05) is 31.7 Å². The van der Waals surface area contributed by atoms with E-state index in [1.165, 1.54) is 0 Å². The van der Waals surface area contributed by atoms with Crippen LogP contribution in [0.1, 0.15) is 24.2 Å². The summed E-state index contributed by atoms with van der Waals surface area (Å²) in [4.78, 5) is 17.1. The van der Waals surface area contributed by atoms with Crippen molar-refractivity contribution in [3.63, 3.8) is 0 Å². The molecule has 5 heteroatoms. The normalized spacial score (nSPS) is 21.2. The first kappa shape index (κ1) is 14.2. The molecule has 5 nitrogen and oxygen atoms in total. The summed E-state index contributed by atoms with van der Waals surface area (Å²) >= 11 is 0. The molecule has 21 heavy (non-hydrogen) atoms. The summed E-state index contributed by atoms with van der Waals surface area (Å²) in [6.07, 6.45) is 0. The Balaban J connectivity index is 1.86. The maximum Gasteiger partial charge on any atom is 0.257 e. The third-order valence-corrected chi connectivity index (χ3v) is 4.51. The molecule has 3 rings (SSSR count). The molecule has 0 unspecified atom stereocenters. The lowest BCUT2D eigenvalue weighted by Crippen LogP contribution is -2.58.